The fourth-order valence-corrected chi connectivity index (χ4v) is 3.46. The summed E-state index contributed by atoms with van der Waals surface area (Å²) in [6, 6.07) is 20.4. The molecule has 0 heterocycles. The number of fused-ring (bicyclic) bond motifs is 4. The van der Waals surface area contributed by atoms with Crippen LogP contribution in [0.3, 0.4) is 0 Å². The Morgan fingerprint density at radius 2 is 0.963 bits per heavy atom. The molecule has 27 heavy (non-hydrogen) atoms. The minimum absolute atomic E-state index is 0.394. The van der Waals surface area contributed by atoms with E-state index >= 15 is 0 Å². The first kappa shape index (κ1) is 17.6. The summed E-state index contributed by atoms with van der Waals surface area (Å²) in [5.41, 5.74) is -0.0357. The molecule has 3 aromatic carbocycles. The number of benzene rings is 3. The maximum Gasteiger partial charge on any atom is 0.238 e. The molecule has 2 bridgehead atoms. The number of Topliss-reactive ketones (excluding diaryl/α,β-unsaturated/α-hetero) is 2. The number of hydrogen-bond acceptors (Lipinski definition) is 4. The summed E-state index contributed by atoms with van der Waals surface area (Å²) in [6.45, 7) is 0. The van der Waals surface area contributed by atoms with E-state index in [0.717, 1.165) is 0 Å². The molecule has 134 valence electrons. The van der Waals surface area contributed by atoms with Crippen LogP contribution < -0.4 is 10.6 Å². The van der Waals surface area contributed by atoms with E-state index in [-0.39, 0.29) is 0 Å². The normalized spacial score (nSPS) is 14.7. The zero-order valence-corrected chi connectivity index (χ0v) is 15.5. The van der Waals surface area contributed by atoms with Crippen molar-refractivity contribution < 1.29 is 9.59 Å². The van der Waals surface area contributed by atoms with Gasteiger partial charge >= 0.3 is 0 Å². The van der Waals surface area contributed by atoms with Gasteiger partial charge in [0.2, 0.25) is 17.2 Å². The van der Waals surface area contributed by atoms with Gasteiger partial charge in [0, 0.05) is 11.1 Å². The van der Waals surface area contributed by atoms with E-state index in [1.807, 2.05) is 0 Å². The van der Waals surface area contributed by atoms with Crippen molar-refractivity contribution in [3.05, 3.63) is 94.0 Å². The number of rotatable bonds is 4. The number of ketones is 2. The average molecular weight is 397 g/mol. The van der Waals surface area contributed by atoms with Crippen molar-refractivity contribution in [2.75, 3.05) is 10.6 Å². The van der Waals surface area contributed by atoms with Gasteiger partial charge in [0.15, 0.2) is 0 Å². The number of anilines is 2. The lowest BCUT2D eigenvalue weighted by atomic mass is 9.94. The highest BCUT2D eigenvalue weighted by atomic mass is 35.5. The fourth-order valence-electron chi connectivity index (χ4n) is 3.10. The van der Waals surface area contributed by atoms with Crippen molar-refractivity contribution in [2.45, 2.75) is 5.66 Å². The van der Waals surface area contributed by atoms with Crippen LogP contribution >= 0.6 is 23.2 Å². The van der Waals surface area contributed by atoms with Gasteiger partial charge in [-0.3, -0.25) is 9.59 Å². The lowest BCUT2D eigenvalue weighted by Crippen LogP contribution is -2.58. The van der Waals surface area contributed by atoms with Crippen molar-refractivity contribution >= 4 is 46.1 Å². The van der Waals surface area contributed by atoms with E-state index in [1.54, 1.807) is 72.8 Å². The van der Waals surface area contributed by atoms with Crippen LogP contribution in [0.15, 0.2) is 72.8 Å². The van der Waals surface area contributed by atoms with Crippen LogP contribution in [0, 0.1) is 0 Å². The third-order valence-electron chi connectivity index (χ3n) is 4.48. The standard InChI is InChI=1S/C21H14Cl2N2O2/c22-15-5-1-3-7-17(15)24-21(25-18-8-4-2-6-16(18)23)19(26)13-9-10-14(12-11-13)20(21)27/h1-12,24-25H. The second-order valence-corrected chi connectivity index (χ2v) is 7.01. The SMILES string of the molecule is O=C1c2ccc(cc2)C(=O)C1(Nc1ccccc1Cl)Nc1ccccc1Cl. The maximum atomic E-state index is 13.4. The molecule has 0 saturated carbocycles. The first-order valence-corrected chi connectivity index (χ1v) is 9.02. The van der Waals surface area contributed by atoms with Gasteiger partial charge in [-0.15, -0.1) is 0 Å². The molecule has 0 atom stereocenters. The van der Waals surface area contributed by atoms with Crippen molar-refractivity contribution in [1.82, 2.24) is 0 Å². The molecule has 0 saturated heterocycles. The summed E-state index contributed by atoms with van der Waals surface area (Å²) in [5.74, 6) is -0.820. The average Bonchev–Trinajstić information content (AvgIpc) is 2.83. The molecular formula is C21H14Cl2N2O2. The number of carbonyl (C=O) groups excluding carboxylic acids is 2. The van der Waals surface area contributed by atoms with Crippen LogP contribution in [0.5, 0.6) is 0 Å². The number of nitrogens with one attached hydrogen (secondary N) is 2. The third kappa shape index (κ3) is 2.97. The lowest BCUT2D eigenvalue weighted by Gasteiger charge is -2.34. The lowest BCUT2D eigenvalue weighted by molar-refractivity contribution is 0.0815. The topological polar surface area (TPSA) is 58.2 Å². The maximum absolute atomic E-state index is 13.4. The predicted octanol–water partition coefficient (Wildman–Crippen LogP) is 5.29. The van der Waals surface area contributed by atoms with Crippen molar-refractivity contribution in [3.8, 4) is 0 Å². The molecule has 0 unspecified atom stereocenters. The molecule has 0 aliphatic heterocycles. The van der Waals surface area contributed by atoms with Gasteiger partial charge < -0.3 is 10.6 Å². The molecule has 0 aromatic heterocycles. The predicted molar refractivity (Wildman–Crippen MR) is 108 cm³/mol. The van der Waals surface area contributed by atoms with E-state index in [1.165, 1.54) is 0 Å². The minimum Gasteiger partial charge on any atom is -0.349 e. The van der Waals surface area contributed by atoms with E-state index < -0.39 is 17.2 Å². The van der Waals surface area contributed by atoms with Crippen LogP contribution in [-0.4, -0.2) is 17.2 Å². The summed E-state index contributed by atoms with van der Waals surface area (Å²) in [5, 5.41) is 6.90. The van der Waals surface area contributed by atoms with Crippen molar-refractivity contribution in [3.63, 3.8) is 0 Å². The van der Waals surface area contributed by atoms with Crippen LogP contribution in [-0.2, 0) is 0 Å². The number of para-hydroxylation sites is 2. The molecule has 0 spiro atoms. The van der Waals surface area contributed by atoms with Crippen LogP contribution in [0.1, 0.15) is 20.7 Å². The monoisotopic (exact) mass is 396 g/mol. The van der Waals surface area contributed by atoms with E-state index in [2.05, 4.69) is 10.6 Å². The van der Waals surface area contributed by atoms with Crippen molar-refractivity contribution in [1.29, 1.82) is 0 Å². The molecule has 4 nitrogen and oxygen atoms in total. The van der Waals surface area contributed by atoms with Gasteiger partial charge in [-0.25, -0.2) is 0 Å². The van der Waals surface area contributed by atoms with Crippen LogP contribution in [0.25, 0.3) is 0 Å². The highest BCUT2D eigenvalue weighted by Crippen LogP contribution is 2.34. The number of hydrogen-bond donors (Lipinski definition) is 2. The van der Waals surface area contributed by atoms with Crippen LogP contribution in [0.4, 0.5) is 11.4 Å². The highest BCUT2D eigenvalue weighted by Gasteiger charge is 2.49. The first-order chi connectivity index (χ1) is 13.0. The Labute approximate surface area is 166 Å². The molecule has 0 amide bonds. The quantitative estimate of drug-likeness (QED) is 0.464. The summed E-state index contributed by atoms with van der Waals surface area (Å²) < 4.78 is 0. The number of halogens is 2. The van der Waals surface area contributed by atoms with Gasteiger partial charge in [-0.2, -0.15) is 0 Å². The van der Waals surface area contributed by atoms with Crippen LogP contribution in [0.2, 0.25) is 10.0 Å². The Balaban J connectivity index is 1.89. The molecule has 5 rings (SSSR count). The summed E-state index contributed by atoms with van der Waals surface area (Å²) in [7, 11) is 0. The highest BCUT2D eigenvalue weighted by molar-refractivity contribution is 6.35. The van der Waals surface area contributed by atoms with Crippen molar-refractivity contribution in [2.24, 2.45) is 0 Å². The summed E-state index contributed by atoms with van der Waals surface area (Å²) >= 11 is 12.6. The third-order valence-corrected chi connectivity index (χ3v) is 5.14. The second-order valence-electron chi connectivity index (χ2n) is 6.20. The Hall–Kier alpha value is -2.82. The summed E-state index contributed by atoms with van der Waals surface area (Å²) in [6.07, 6.45) is 0. The Kier molecular flexibility index (Phi) is 4.38. The Bertz CT molecular complexity index is 964. The van der Waals surface area contributed by atoms with Gasteiger partial charge in [0.05, 0.1) is 21.4 Å². The smallest absolute Gasteiger partial charge is 0.238 e. The summed E-state index contributed by atoms with van der Waals surface area (Å²) in [4.78, 5) is 26.8. The van der Waals surface area contributed by atoms with E-state index in [9.17, 15) is 9.59 Å². The van der Waals surface area contributed by atoms with Gasteiger partial charge in [0.1, 0.15) is 0 Å². The minimum atomic E-state index is -1.77. The molecule has 6 heteroatoms. The molecule has 3 aromatic rings. The molecule has 2 N–H and O–H groups in total. The van der Waals surface area contributed by atoms with E-state index in [0.29, 0.717) is 32.5 Å². The number of carbonyl (C=O) groups is 2. The van der Waals surface area contributed by atoms with Gasteiger partial charge in [-0.05, 0) is 24.3 Å². The Morgan fingerprint density at radius 1 is 0.593 bits per heavy atom. The first-order valence-electron chi connectivity index (χ1n) is 8.26. The second kappa shape index (κ2) is 6.72. The molecule has 2 aliphatic rings. The van der Waals surface area contributed by atoms with Gasteiger partial charge in [0.25, 0.3) is 0 Å². The molecule has 0 radical (unpaired) electrons. The zero-order valence-electron chi connectivity index (χ0n) is 14.0. The molecular weight excluding hydrogens is 383 g/mol. The Morgan fingerprint density at radius 3 is 1.33 bits per heavy atom. The molecule has 0 fully saturated rings. The zero-order chi connectivity index (χ0) is 19.0. The fraction of sp³-hybridized carbons (Fsp3) is 0.0476. The van der Waals surface area contributed by atoms with E-state index in [4.69, 9.17) is 23.2 Å². The largest absolute Gasteiger partial charge is 0.349 e. The molecule has 2 aliphatic carbocycles. The van der Waals surface area contributed by atoms with Gasteiger partial charge in [-0.1, -0.05) is 71.7 Å².